The van der Waals surface area contributed by atoms with Crippen LogP contribution in [0.5, 0.6) is 0 Å². The summed E-state index contributed by atoms with van der Waals surface area (Å²) >= 11 is 0. The van der Waals surface area contributed by atoms with Crippen molar-refractivity contribution in [1.29, 1.82) is 0 Å². The molecule has 1 aliphatic carbocycles. The van der Waals surface area contributed by atoms with Crippen molar-refractivity contribution in [1.82, 2.24) is 4.98 Å². The third kappa shape index (κ3) is 3.89. The number of carbonyl (C=O) groups excluding carboxylic acids is 2. The van der Waals surface area contributed by atoms with Gasteiger partial charge < -0.3 is 9.72 Å². The van der Waals surface area contributed by atoms with E-state index in [4.69, 9.17) is 4.74 Å². The van der Waals surface area contributed by atoms with Gasteiger partial charge in [-0.2, -0.15) is 0 Å². The molecule has 0 radical (unpaired) electrons. The molecule has 1 fully saturated rings. The molecular weight excluding hydrogens is 290 g/mol. The quantitative estimate of drug-likeness (QED) is 0.668. The van der Waals surface area contributed by atoms with Gasteiger partial charge in [-0.1, -0.05) is 43.5 Å². The van der Waals surface area contributed by atoms with E-state index in [0.29, 0.717) is 17.2 Å². The molecule has 0 saturated heterocycles. The lowest BCUT2D eigenvalue weighted by atomic mass is 9.84. The van der Waals surface area contributed by atoms with Crippen molar-refractivity contribution < 1.29 is 14.3 Å². The fourth-order valence-corrected chi connectivity index (χ4v) is 3.13. The second kappa shape index (κ2) is 7.27. The Morgan fingerprint density at radius 1 is 1.04 bits per heavy atom. The Morgan fingerprint density at radius 2 is 1.78 bits per heavy atom. The lowest BCUT2D eigenvalue weighted by Gasteiger charge is -2.22. The van der Waals surface area contributed by atoms with E-state index < -0.39 is 5.97 Å². The molecule has 1 aliphatic rings. The third-order valence-corrected chi connectivity index (χ3v) is 4.46. The first-order valence-electron chi connectivity index (χ1n) is 8.18. The first kappa shape index (κ1) is 15.5. The zero-order chi connectivity index (χ0) is 16.1. The number of ketones is 1. The lowest BCUT2D eigenvalue weighted by Crippen LogP contribution is -2.14. The maximum Gasteiger partial charge on any atom is 0.355 e. The highest BCUT2D eigenvalue weighted by Gasteiger charge is 2.16. The van der Waals surface area contributed by atoms with Crippen LogP contribution in [0.4, 0.5) is 0 Å². The predicted molar refractivity (Wildman–Crippen MR) is 87.7 cm³/mol. The van der Waals surface area contributed by atoms with Crippen LogP contribution >= 0.6 is 0 Å². The maximum atomic E-state index is 12.1. The fraction of sp³-hybridized carbons (Fsp3) is 0.368. The van der Waals surface area contributed by atoms with Crippen molar-refractivity contribution in [2.24, 2.45) is 0 Å². The molecule has 1 N–H and O–H groups in total. The summed E-state index contributed by atoms with van der Waals surface area (Å²) < 4.78 is 5.03. The Morgan fingerprint density at radius 3 is 2.43 bits per heavy atom. The topological polar surface area (TPSA) is 59.2 Å². The van der Waals surface area contributed by atoms with Crippen molar-refractivity contribution in [3.05, 3.63) is 59.4 Å². The highest BCUT2D eigenvalue weighted by atomic mass is 16.5. The van der Waals surface area contributed by atoms with Gasteiger partial charge in [-0.15, -0.1) is 0 Å². The van der Waals surface area contributed by atoms with Gasteiger partial charge in [0.1, 0.15) is 5.69 Å². The molecule has 0 atom stereocenters. The first-order chi connectivity index (χ1) is 11.2. The average Bonchev–Trinajstić information content (AvgIpc) is 3.15. The Hall–Kier alpha value is -2.36. The average molecular weight is 311 g/mol. The highest BCUT2D eigenvalue weighted by molar-refractivity contribution is 5.99. The van der Waals surface area contributed by atoms with Crippen LogP contribution in [0, 0.1) is 0 Å². The minimum absolute atomic E-state index is 0.180. The second-order valence-electron chi connectivity index (χ2n) is 6.04. The molecule has 1 aromatic carbocycles. The summed E-state index contributed by atoms with van der Waals surface area (Å²) in [4.78, 5) is 26.6. The van der Waals surface area contributed by atoms with E-state index in [1.807, 2.05) is 24.3 Å². The van der Waals surface area contributed by atoms with Crippen LogP contribution < -0.4 is 0 Å². The van der Waals surface area contributed by atoms with Crippen molar-refractivity contribution in [2.75, 3.05) is 6.61 Å². The van der Waals surface area contributed by atoms with Crippen LogP contribution in [-0.4, -0.2) is 23.3 Å². The fourth-order valence-electron chi connectivity index (χ4n) is 3.13. The van der Waals surface area contributed by atoms with Gasteiger partial charge in [0.15, 0.2) is 12.4 Å². The molecule has 0 bridgehead atoms. The van der Waals surface area contributed by atoms with Crippen molar-refractivity contribution >= 4 is 11.8 Å². The van der Waals surface area contributed by atoms with Crippen LogP contribution in [0.15, 0.2) is 42.6 Å². The number of hydrogen-bond acceptors (Lipinski definition) is 3. The second-order valence-corrected chi connectivity index (χ2v) is 6.04. The highest BCUT2D eigenvalue weighted by Crippen LogP contribution is 2.32. The lowest BCUT2D eigenvalue weighted by molar-refractivity contribution is 0.0469. The Balaban J connectivity index is 1.56. The minimum Gasteiger partial charge on any atom is -0.453 e. The Kier molecular flexibility index (Phi) is 4.91. The molecule has 23 heavy (non-hydrogen) atoms. The minimum atomic E-state index is -0.512. The Labute approximate surface area is 135 Å². The van der Waals surface area contributed by atoms with E-state index in [1.165, 1.54) is 37.7 Å². The van der Waals surface area contributed by atoms with Crippen molar-refractivity contribution in [3.63, 3.8) is 0 Å². The molecule has 2 aromatic rings. The van der Waals surface area contributed by atoms with Gasteiger partial charge in [0, 0.05) is 11.8 Å². The van der Waals surface area contributed by atoms with Crippen LogP contribution in [0.2, 0.25) is 0 Å². The van der Waals surface area contributed by atoms with Gasteiger partial charge in [-0.25, -0.2) is 4.79 Å². The normalized spacial score (nSPS) is 15.3. The summed E-state index contributed by atoms with van der Waals surface area (Å²) in [6.07, 6.45) is 8.03. The molecule has 0 unspecified atom stereocenters. The summed E-state index contributed by atoms with van der Waals surface area (Å²) in [6, 6.07) is 11.1. The number of H-pyrrole nitrogens is 1. The molecular formula is C19H21NO3. The number of aromatic nitrogens is 1. The van der Waals surface area contributed by atoms with Gasteiger partial charge in [-0.05, 0) is 36.5 Å². The molecule has 3 rings (SSSR count). The summed E-state index contributed by atoms with van der Waals surface area (Å²) in [7, 11) is 0. The maximum absolute atomic E-state index is 12.1. The van der Waals surface area contributed by atoms with Crippen molar-refractivity contribution in [2.45, 2.75) is 38.0 Å². The molecule has 0 spiro atoms. The number of benzene rings is 1. The number of ether oxygens (including phenoxy) is 1. The van der Waals surface area contributed by atoms with Gasteiger partial charge in [-0.3, -0.25) is 4.79 Å². The first-order valence-corrected chi connectivity index (χ1v) is 8.18. The number of Topliss-reactive ketones (excluding diaryl/α,β-unsaturated/α-hetero) is 1. The molecule has 1 saturated carbocycles. The van der Waals surface area contributed by atoms with E-state index in [-0.39, 0.29) is 12.4 Å². The SMILES string of the molecule is O=C(COC(=O)c1ccc[nH]1)c1ccc(C2CCCCC2)cc1. The van der Waals surface area contributed by atoms with Gasteiger partial charge in [0.25, 0.3) is 0 Å². The molecule has 120 valence electrons. The molecule has 1 aromatic heterocycles. The molecule has 0 aliphatic heterocycles. The van der Waals surface area contributed by atoms with E-state index >= 15 is 0 Å². The molecule has 4 heteroatoms. The van der Waals surface area contributed by atoms with Crippen LogP contribution in [0.1, 0.15) is 64.4 Å². The number of nitrogens with one attached hydrogen (secondary N) is 1. The monoisotopic (exact) mass is 311 g/mol. The van der Waals surface area contributed by atoms with Crippen LogP contribution in [0.3, 0.4) is 0 Å². The van der Waals surface area contributed by atoms with Gasteiger partial charge >= 0.3 is 5.97 Å². The van der Waals surface area contributed by atoms with Gasteiger partial charge in [0.2, 0.25) is 0 Å². The molecule has 0 amide bonds. The van der Waals surface area contributed by atoms with E-state index in [1.54, 1.807) is 18.3 Å². The van der Waals surface area contributed by atoms with E-state index in [9.17, 15) is 9.59 Å². The predicted octanol–water partition coefficient (Wildman–Crippen LogP) is 4.10. The number of carbonyl (C=O) groups is 2. The summed E-state index contributed by atoms with van der Waals surface area (Å²) in [6.45, 7) is -0.235. The standard InChI is InChI=1S/C19H21NO3/c21-18(13-23-19(22)17-7-4-12-20-17)16-10-8-15(9-11-16)14-5-2-1-3-6-14/h4,7-12,14,20H,1-3,5-6,13H2. The summed E-state index contributed by atoms with van der Waals surface area (Å²) in [5, 5.41) is 0. The van der Waals surface area contributed by atoms with Crippen molar-refractivity contribution in [3.8, 4) is 0 Å². The number of esters is 1. The number of rotatable bonds is 5. The number of aromatic amines is 1. The molecule has 4 nitrogen and oxygen atoms in total. The number of hydrogen-bond donors (Lipinski definition) is 1. The largest absolute Gasteiger partial charge is 0.453 e. The van der Waals surface area contributed by atoms with E-state index in [2.05, 4.69) is 4.98 Å². The zero-order valence-electron chi connectivity index (χ0n) is 13.1. The smallest absolute Gasteiger partial charge is 0.355 e. The zero-order valence-corrected chi connectivity index (χ0v) is 13.1. The van der Waals surface area contributed by atoms with E-state index in [0.717, 1.165) is 0 Å². The molecule has 1 heterocycles. The van der Waals surface area contributed by atoms with Crippen LogP contribution in [-0.2, 0) is 4.74 Å². The summed E-state index contributed by atoms with van der Waals surface area (Å²) in [5.41, 5.74) is 2.25. The summed E-state index contributed by atoms with van der Waals surface area (Å²) in [5.74, 6) is -0.0686. The Bertz CT molecular complexity index is 652. The third-order valence-electron chi connectivity index (χ3n) is 4.46. The van der Waals surface area contributed by atoms with Crippen LogP contribution in [0.25, 0.3) is 0 Å². The van der Waals surface area contributed by atoms with Gasteiger partial charge in [0.05, 0.1) is 0 Å².